The van der Waals surface area contributed by atoms with E-state index in [9.17, 15) is 14.9 Å². The molecule has 1 amide bonds. The Hall–Kier alpha value is -2.97. The third-order valence-corrected chi connectivity index (χ3v) is 4.90. The first kappa shape index (κ1) is 18.8. The number of thiazole rings is 1. The van der Waals surface area contributed by atoms with Crippen LogP contribution >= 0.6 is 22.9 Å². The van der Waals surface area contributed by atoms with Crippen molar-refractivity contribution >= 4 is 39.7 Å². The number of amides is 1. The summed E-state index contributed by atoms with van der Waals surface area (Å²) in [5.41, 5.74) is 1.16. The zero-order valence-electron chi connectivity index (χ0n) is 14.4. The number of carbonyl (C=O) groups is 1. The molecule has 3 aromatic rings. The number of halogens is 1. The number of nitro groups is 1. The Kier molecular flexibility index (Phi) is 5.38. The van der Waals surface area contributed by atoms with Gasteiger partial charge in [-0.1, -0.05) is 11.6 Å². The maximum absolute atomic E-state index is 12.5. The molecule has 0 bridgehead atoms. The SMILES string of the molecule is COc1ccc(-c2nc(NC(=O)c3cc(Cl)ccc3[N+](=O)[O-])sc2C)cc1. The fourth-order valence-electron chi connectivity index (χ4n) is 2.48. The van der Waals surface area contributed by atoms with Crippen molar-refractivity contribution in [2.24, 2.45) is 0 Å². The first-order chi connectivity index (χ1) is 12.9. The number of rotatable bonds is 5. The number of nitrogens with zero attached hydrogens (tertiary/aromatic N) is 2. The van der Waals surface area contributed by atoms with E-state index in [4.69, 9.17) is 16.3 Å². The molecule has 0 fully saturated rings. The summed E-state index contributed by atoms with van der Waals surface area (Å²) in [6, 6.07) is 11.2. The quantitative estimate of drug-likeness (QED) is 0.481. The number of benzene rings is 2. The molecular formula is C18H14ClN3O4S. The lowest BCUT2D eigenvalue weighted by molar-refractivity contribution is -0.385. The van der Waals surface area contributed by atoms with Crippen molar-refractivity contribution in [1.82, 2.24) is 4.98 Å². The van der Waals surface area contributed by atoms with E-state index in [1.54, 1.807) is 7.11 Å². The number of aryl methyl sites for hydroxylation is 1. The summed E-state index contributed by atoms with van der Waals surface area (Å²) in [7, 11) is 1.59. The van der Waals surface area contributed by atoms with Crippen molar-refractivity contribution in [3.05, 3.63) is 68.0 Å². The summed E-state index contributed by atoms with van der Waals surface area (Å²) in [5.74, 6) is 0.0904. The summed E-state index contributed by atoms with van der Waals surface area (Å²) in [6.07, 6.45) is 0. The normalized spacial score (nSPS) is 10.5. The predicted octanol–water partition coefficient (Wildman–Crippen LogP) is 4.94. The fourth-order valence-corrected chi connectivity index (χ4v) is 3.48. The lowest BCUT2D eigenvalue weighted by atomic mass is 10.1. The third-order valence-electron chi connectivity index (χ3n) is 3.78. The molecular weight excluding hydrogens is 390 g/mol. The number of hydrogen-bond acceptors (Lipinski definition) is 6. The summed E-state index contributed by atoms with van der Waals surface area (Å²) in [6.45, 7) is 1.88. The van der Waals surface area contributed by atoms with Crippen molar-refractivity contribution in [3.8, 4) is 17.0 Å². The predicted molar refractivity (Wildman–Crippen MR) is 105 cm³/mol. The van der Waals surface area contributed by atoms with E-state index in [0.29, 0.717) is 5.13 Å². The zero-order chi connectivity index (χ0) is 19.6. The first-order valence-electron chi connectivity index (χ1n) is 7.76. The van der Waals surface area contributed by atoms with Gasteiger partial charge < -0.3 is 4.74 Å². The second kappa shape index (κ2) is 7.73. The van der Waals surface area contributed by atoms with Gasteiger partial charge in [0.15, 0.2) is 5.13 Å². The standard InChI is InChI=1S/C18H14ClN3O4S/c1-10-16(11-3-6-13(26-2)7-4-11)20-18(27-10)21-17(23)14-9-12(19)5-8-15(14)22(24)25/h3-9H,1-2H3,(H,20,21,23). The van der Waals surface area contributed by atoms with Gasteiger partial charge in [-0.15, -0.1) is 11.3 Å². The first-order valence-corrected chi connectivity index (χ1v) is 8.95. The molecule has 0 spiro atoms. The second-order valence-electron chi connectivity index (χ2n) is 5.53. The second-order valence-corrected chi connectivity index (χ2v) is 7.16. The van der Waals surface area contributed by atoms with Gasteiger partial charge in [0, 0.05) is 21.5 Å². The molecule has 0 aliphatic carbocycles. The van der Waals surface area contributed by atoms with E-state index in [0.717, 1.165) is 21.9 Å². The van der Waals surface area contributed by atoms with Crippen LogP contribution < -0.4 is 10.1 Å². The van der Waals surface area contributed by atoms with Gasteiger partial charge in [-0.2, -0.15) is 0 Å². The maximum atomic E-state index is 12.5. The Bertz CT molecular complexity index is 1020. The highest BCUT2D eigenvalue weighted by Gasteiger charge is 2.22. The Labute approximate surface area is 163 Å². The van der Waals surface area contributed by atoms with Gasteiger partial charge in [0.25, 0.3) is 11.6 Å². The highest BCUT2D eigenvalue weighted by Crippen LogP contribution is 2.32. The van der Waals surface area contributed by atoms with Crippen LogP contribution in [0.15, 0.2) is 42.5 Å². The third kappa shape index (κ3) is 4.07. The number of nitro benzene ring substituents is 1. The van der Waals surface area contributed by atoms with Gasteiger partial charge in [-0.3, -0.25) is 20.2 Å². The summed E-state index contributed by atoms with van der Waals surface area (Å²) >= 11 is 7.16. The molecule has 138 valence electrons. The van der Waals surface area contributed by atoms with Crippen molar-refractivity contribution in [2.75, 3.05) is 12.4 Å². The van der Waals surface area contributed by atoms with Crippen LogP contribution in [0.25, 0.3) is 11.3 Å². The van der Waals surface area contributed by atoms with Gasteiger partial charge in [0.05, 0.1) is 17.7 Å². The minimum absolute atomic E-state index is 0.119. The molecule has 9 heteroatoms. The molecule has 0 saturated carbocycles. The molecule has 0 unspecified atom stereocenters. The molecule has 1 N–H and O–H groups in total. The number of ether oxygens (including phenoxy) is 1. The number of methoxy groups -OCH3 is 1. The Morgan fingerprint density at radius 2 is 1.96 bits per heavy atom. The van der Waals surface area contributed by atoms with E-state index in [1.807, 2.05) is 31.2 Å². The Morgan fingerprint density at radius 3 is 2.59 bits per heavy atom. The van der Waals surface area contributed by atoms with E-state index in [1.165, 1.54) is 29.5 Å². The largest absolute Gasteiger partial charge is 0.497 e. The minimum Gasteiger partial charge on any atom is -0.497 e. The van der Waals surface area contributed by atoms with Crippen molar-refractivity contribution in [3.63, 3.8) is 0 Å². The van der Waals surface area contributed by atoms with Gasteiger partial charge in [-0.05, 0) is 43.3 Å². The molecule has 0 atom stereocenters. The lowest BCUT2D eigenvalue weighted by Gasteiger charge is -2.04. The van der Waals surface area contributed by atoms with Gasteiger partial charge in [-0.25, -0.2) is 4.98 Å². The summed E-state index contributed by atoms with van der Waals surface area (Å²) in [5, 5.41) is 14.3. The van der Waals surface area contributed by atoms with Crippen LogP contribution in [-0.2, 0) is 0 Å². The van der Waals surface area contributed by atoms with Gasteiger partial charge in [0.1, 0.15) is 11.3 Å². The molecule has 0 radical (unpaired) electrons. The zero-order valence-corrected chi connectivity index (χ0v) is 15.9. The monoisotopic (exact) mass is 403 g/mol. The number of nitrogens with one attached hydrogen (secondary N) is 1. The van der Waals surface area contributed by atoms with Crippen LogP contribution in [0.1, 0.15) is 15.2 Å². The van der Waals surface area contributed by atoms with E-state index in [2.05, 4.69) is 10.3 Å². The van der Waals surface area contributed by atoms with Crippen LogP contribution in [0.5, 0.6) is 5.75 Å². The molecule has 0 aliphatic rings. The summed E-state index contributed by atoms with van der Waals surface area (Å²) in [4.78, 5) is 28.4. The number of anilines is 1. The number of aromatic nitrogens is 1. The number of hydrogen-bond donors (Lipinski definition) is 1. The van der Waals surface area contributed by atoms with E-state index in [-0.39, 0.29) is 16.3 Å². The fraction of sp³-hybridized carbons (Fsp3) is 0.111. The van der Waals surface area contributed by atoms with Crippen molar-refractivity contribution in [2.45, 2.75) is 6.92 Å². The van der Waals surface area contributed by atoms with Gasteiger partial charge >= 0.3 is 0 Å². The molecule has 2 aromatic carbocycles. The molecule has 3 rings (SSSR count). The number of carbonyl (C=O) groups excluding carboxylic acids is 1. The van der Waals surface area contributed by atoms with Gasteiger partial charge in [0.2, 0.25) is 0 Å². The van der Waals surface area contributed by atoms with Crippen LogP contribution in [0.3, 0.4) is 0 Å². The molecule has 1 heterocycles. The molecule has 0 saturated heterocycles. The molecule has 7 nitrogen and oxygen atoms in total. The smallest absolute Gasteiger partial charge is 0.282 e. The lowest BCUT2D eigenvalue weighted by Crippen LogP contribution is -2.13. The van der Waals surface area contributed by atoms with Crippen molar-refractivity contribution < 1.29 is 14.5 Å². The highest BCUT2D eigenvalue weighted by atomic mass is 35.5. The Balaban J connectivity index is 1.88. The molecule has 1 aromatic heterocycles. The maximum Gasteiger partial charge on any atom is 0.282 e. The summed E-state index contributed by atoms with van der Waals surface area (Å²) < 4.78 is 5.14. The van der Waals surface area contributed by atoms with E-state index < -0.39 is 10.8 Å². The molecule has 0 aliphatic heterocycles. The van der Waals surface area contributed by atoms with Crippen molar-refractivity contribution in [1.29, 1.82) is 0 Å². The average Bonchev–Trinajstić information content (AvgIpc) is 3.01. The molecule has 27 heavy (non-hydrogen) atoms. The topological polar surface area (TPSA) is 94.4 Å². The average molecular weight is 404 g/mol. The van der Waals surface area contributed by atoms with E-state index >= 15 is 0 Å². The minimum atomic E-state index is -0.640. The Morgan fingerprint density at radius 1 is 1.26 bits per heavy atom. The van der Waals surface area contributed by atoms with Crippen LogP contribution in [0, 0.1) is 17.0 Å². The van der Waals surface area contributed by atoms with Crippen LogP contribution in [-0.4, -0.2) is 22.9 Å². The van der Waals surface area contributed by atoms with Crippen LogP contribution in [0.2, 0.25) is 5.02 Å². The highest BCUT2D eigenvalue weighted by molar-refractivity contribution is 7.16. The van der Waals surface area contributed by atoms with Crippen LogP contribution in [0.4, 0.5) is 10.8 Å².